The second-order valence-electron chi connectivity index (χ2n) is 6.95. The fourth-order valence-electron chi connectivity index (χ4n) is 3.60. The number of rotatable bonds is 6. The Morgan fingerprint density at radius 2 is 1.89 bits per heavy atom. The summed E-state index contributed by atoms with van der Waals surface area (Å²) in [6.07, 6.45) is 7.75. The number of hydrogen-bond acceptors (Lipinski definition) is 6. The topological polar surface area (TPSA) is 93.2 Å². The minimum atomic E-state index is 0.333. The highest BCUT2D eigenvalue weighted by molar-refractivity contribution is 5.82. The number of nitrogens with two attached hydrogens (primary N) is 1. The van der Waals surface area contributed by atoms with Crippen molar-refractivity contribution < 1.29 is 9.47 Å². The van der Waals surface area contributed by atoms with Gasteiger partial charge in [0.25, 0.3) is 0 Å². The lowest BCUT2D eigenvalue weighted by atomic mass is 9.86. The molecule has 0 amide bonds. The number of anilines is 1. The summed E-state index contributed by atoms with van der Waals surface area (Å²) < 4.78 is 10.7. The van der Waals surface area contributed by atoms with E-state index in [1.165, 1.54) is 0 Å². The third-order valence-electron chi connectivity index (χ3n) is 5.22. The Bertz CT molecular complexity index is 823. The van der Waals surface area contributed by atoms with Crippen molar-refractivity contribution in [1.29, 1.82) is 5.26 Å². The molecule has 3 rings (SSSR count). The summed E-state index contributed by atoms with van der Waals surface area (Å²) in [7, 11) is 3.22. The summed E-state index contributed by atoms with van der Waals surface area (Å²) in [4.78, 5) is 4.24. The molecule has 1 saturated carbocycles. The molecule has 1 aromatic carbocycles. The zero-order valence-corrected chi connectivity index (χ0v) is 15.9. The molecule has 0 spiro atoms. The van der Waals surface area contributed by atoms with E-state index in [4.69, 9.17) is 15.2 Å². The van der Waals surface area contributed by atoms with Crippen molar-refractivity contribution in [3.63, 3.8) is 0 Å². The number of ether oxygens (including phenoxy) is 2. The minimum absolute atomic E-state index is 0.333. The molecule has 0 aliphatic heterocycles. The Kier molecular flexibility index (Phi) is 6.15. The molecule has 0 bridgehead atoms. The first kappa shape index (κ1) is 19.0. The van der Waals surface area contributed by atoms with Gasteiger partial charge in [0.05, 0.1) is 25.5 Å². The fourth-order valence-corrected chi connectivity index (χ4v) is 3.60. The molecule has 3 N–H and O–H groups in total. The van der Waals surface area contributed by atoms with Gasteiger partial charge in [-0.3, -0.25) is 4.98 Å². The van der Waals surface area contributed by atoms with Crippen molar-refractivity contribution in [2.45, 2.75) is 31.7 Å². The second-order valence-corrected chi connectivity index (χ2v) is 6.95. The van der Waals surface area contributed by atoms with Crippen LogP contribution in [0.1, 0.15) is 31.2 Å². The average molecular weight is 366 g/mol. The minimum Gasteiger partial charge on any atom is -0.493 e. The number of nitrogens with zero attached hydrogens (tertiary/aromatic N) is 2. The molecular formula is C21H26N4O2. The number of benzene rings is 1. The first-order chi connectivity index (χ1) is 13.2. The zero-order chi connectivity index (χ0) is 19.2. The summed E-state index contributed by atoms with van der Waals surface area (Å²) >= 11 is 0. The van der Waals surface area contributed by atoms with Crippen LogP contribution in [-0.2, 0) is 0 Å². The van der Waals surface area contributed by atoms with Gasteiger partial charge in [0.2, 0.25) is 0 Å². The zero-order valence-electron chi connectivity index (χ0n) is 15.9. The van der Waals surface area contributed by atoms with Crippen molar-refractivity contribution in [2.75, 3.05) is 26.1 Å². The molecule has 27 heavy (non-hydrogen) atoms. The molecule has 142 valence electrons. The lowest BCUT2D eigenvalue weighted by molar-refractivity contribution is 0.339. The molecule has 1 fully saturated rings. The Morgan fingerprint density at radius 1 is 1.15 bits per heavy atom. The SMILES string of the molecule is COc1ccc(-c2cncc(C#N)c2NCC2CCC(N)CC2)cc1OC. The maximum atomic E-state index is 9.55. The van der Waals surface area contributed by atoms with Crippen LogP contribution in [-0.4, -0.2) is 31.8 Å². The number of pyridine rings is 1. The number of nitriles is 1. The molecular weight excluding hydrogens is 340 g/mol. The highest BCUT2D eigenvalue weighted by Crippen LogP contribution is 2.36. The molecule has 0 unspecified atom stereocenters. The number of aromatic nitrogens is 1. The van der Waals surface area contributed by atoms with Crippen LogP contribution in [0.15, 0.2) is 30.6 Å². The van der Waals surface area contributed by atoms with Crippen LogP contribution in [0.4, 0.5) is 5.69 Å². The van der Waals surface area contributed by atoms with Crippen LogP contribution < -0.4 is 20.5 Å². The fraction of sp³-hybridized carbons (Fsp3) is 0.429. The molecule has 0 atom stereocenters. The number of hydrogen-bond donors (Lipinski definition) is 2. The van der Waals surface area contributed by atoms with Crippen molar-refractivity contribution >= 4 is 5.69 Å². The number of methoxy groups -OCH3 is 2. The van der Waals surface area contributed by atoms with Gasteiger partial charge in [0.15, 0.2) is 11.5 Å². The molecule has 1 aromatic heterocycles. The van der Waals surface area contributed by atoms with Crippen LogP contribution >= 0.6 is 0 Å². The maximum absolute atomic E-state index is 9.55. The van der Waals surface area contributed by atoms with Crippen molar-refractivity contribution in [1.82, 2.24) is 4.98 Å². The van der Waals surface area contributed by atoms with Crippen molar-refractivity contribution in [2.24, 2.45) is 11.7 Å². The van der Waals surface area contributed by atoms with E-state index < -0.39 is 0 Å². The monoisotopic (exact) mass is 366 g/mol. The molecule has 1 aliphatic rings. The molecule has 0 saturated heterocycles. The van der Waals surface area contributed by atoms with E-state index in [9.17, 15) is 5.26 Å². The second kappa shape index (κ2) is 8.74. The number of nitrogens with one attached hydrogen (secondary N) is 1. The Balaban J connectivity index is 1.89. The Morgan fingerprint density at radius 3 is 2.56 bits per heavy atom. The average Bonchev–Trinajstić information content (AvgIpc) is 2.72. The first-order valence-electron chi connectivity index (χ1n) is 9.26. The van der Waals surface area contributed by atoms with Gasteiger partial charge in [-0.05, 0) is 49.3 Å². The maximum Gasteiger partial charge on any atom is 0.161 e. The van der Waals surface area contributed by atoms with Gasteiger partial charge in [-0.2, -0.15) is 5.26 Å². The molecule has 0 radical (unpaired) electrons. The van der Waals surface area contributed by atoms with Crippen molar-refractivity contribution in [3.05, 3.63) is 36.2 Å². The van der Waals surface area contributed by atoms with E-state index in [1.54, 1.807) is 26.6 Å². The molecule has 2 aromatic rings. The van der Waals surface area contributed by atoms with Gasteiger partial charge in [0.1, 0.15) is 6.07 Å². The van der Waals surface area contributed by atoms with E-state index in [2.05, 4.69) is 16.4 Å². The molecule has 6 heteroatoms. The summed E-state index contributed by atoms with van der Waals surface area (Å²) in [6.45, 7) is 0.825. The lowest BCUT2D eigenvalue weighted by Crippen LogP contribution is -2.29. The van der Waals surface area contributed by atoms with Crippen LogP contribution in [0, 0.1) is 17.2 Å². The Hall–Kier alpha value is -2.78. The summed E-state index contributed by atoms with van der Waals surface area (Å²) in [6, 6.07) is 8.30. The largest absolute Gasteiger partial charge is 0.493 e. The van der Waals surface area contributed by atoms with Gasteiger partial charge in [0, 0.05) is 30.5 Å². The van der Waals surface area contributed by atoms with Gasteiger partial charge in [-0.15, -0.1) is 0 Å². The highest BCUT2D eigenvalue weighted by Gasteiger charge is 2.20. The predicted octanol–water partition coefficient (Wildman–Crippen LogP) is 3.57. The Labute approximate surface area is 160 Å². The summed E-state index contributed by atoms with van der Waals surface area (Å²) in [5.41, 5.74) is 9.16. The van der Waals surface area contributed by atoms with Crippen LogP contribution in [0.3, 0.4) is 0 Å². The smallest absolute Gasteiger partial charge is 0.161 e. The van der Waals surface area contributed by atoms with Crippen molar-refractivity contribution in [3.8, 4) is 28.7 Å². The third kappa shape index (κ3) is 4.32. The first-order valence-corrected chi connectivity index (χ1v) is 9.26. The van der Waals surface area contributed by atoms with Crippen LogP contribution in [0.2, 0.25) is 0 Å². The summed E-state index contributed by atoms with van der Waals surface area (Å²) in [5.74, 6) is 1.88. The van der Waals surface area contributed by atoms with E-state index in [0.29, 0.717) is 29.0 Å². The molecule has 6 nitrogen and oxygen atoms in total. The third-order valence-corrected chi connectivity index (χ3v) is 5.22. The van der Waals surface area contributed by atoms with Gasteiger partial charge in [-0.1, -0.05) is 6.07 Å². The van der Waals surface area contributed by atoms with E-state index in [1.807, 2.05) is 18.2 Å². The highest BCUT2D eigenvalue weighted by atomic mass is 16.5. The van der Waals surface area contributed by atoms with Gasteiger partial charge in [-0.25, -0.2) is 0 Å². The normalized spacial score (nSPS) is 19.2. The van der Waals surface area contributed by atoms with Gasteiger partial charge < -0.3 is 20.5 Å². The van der Waals surface area contributed by atoms with Crippen LogP contribution in [0.5, 0.6) is 11.5 Å². The lowest BCUT2D eigenvalue weighted by Gasteiger charge is -2.27. The van der Waals surface area contributed by atoms with E-state index >= 15 is 0 Å². The predicted molar refractivity (Wildman–Crippen MR) is 106 cm³/mol. The molecule has 1 heterocycles. The standard InChI is InChI=1S/C21H26N4O2/c1-26-19-8-5-15(9-20(19)27-2)18-13-24-12-16(10-22)21(18)25-11-14-3-6-17(23)7-4-14/h5,8-9,12-14,17H,3-4,6-7,11,23H2,1-2H3,(H,24,25). The van der Waals surface area contributed by atoms with E-state index in [0.717, 1.165) is 49.0 Å². The van der Waals surface area contributed by atoms with Crippen LogP contribution in [0.25, 0.3) is 11.1 Å². The van der Waals surface area contributed by atoms with Gasteiger partial charge >= 0.3 is 0 Å². The van der Waals surface area contributed by atoms with E-state index in [-0.39, 0.29) is 0 Å². The summed E-state index contributed by atoms with van der Waals surface area (Å²) in [5, 5.41) is 13.1. The quantitative estimate of drug-likeness (QED) is 0.812. The molecule has 1 aliphatic carbocycles.